The van der Waals surface area contributed by atoms with Crippen LogP contribution >= 0.6 is 11.3 Å². The first-order valence-electron chi connectivity index (χ1n) is 8.20. The van der Waals surface area contributed by atoms with E-state index in [1.165, 1.54) is 9.44 Å². The molecule has 0 saturated heterocycles. The Kier molecular flexibility index (Phi) is 3.92. The van der Waals surface area contributed by atoms with Crippen molar-refractivity contribution in [1.82, 2.24) is 14.5 Å². The molecule has 0 aromatic carbocycles. The first-order chi connectivity index (χ1) is 11.7. The number of nitrogens with zero attached hydrogens (tertiary/aromatic N) is 3. The van der Waals surface area contributed by atoms with Gasteiger partial charge < -0.3 is 0 Å². The molecule has 3 aromatic heterocycles. The normalized spacial score (nSPS) is 17.2. The Balaban J connectivity index is 2.00. The van der Waals surface area contributed by atoms with Crippen LogP contribution in [-0.4, -0.2) is 21.2 Å². The molecule has 0 radical (unpaired) electrons. The second-order valence-electron chi connectivity index (χ2n) is 6.35. The van der Waals surface area contributed by atoms with Crippen LogP contribution in [0.1, 0.15) is 23.8 Å². The molecule has 0 spiro atoms. The van der Waals surface area contributed by atoms with Gasteiger partial charge in [-0.2, -0.15) is 0 Å². The maximum atomic E-state index is 13.1. The van der Waals surface area contributed by atoms with Gasteiger partial charge >= 0.3 is 0 Å². The number of fused-ring (bicyclic) bond motifs is 3. The molecule has 0 fully saturated rings. The zero-order valence-electron chi connectivity index (χ0n) is 13.5. The summed E-state index contributed by atoms with van der Waals surface area (Å²) in [4.78, 5) is 23.9. The van der Waals surface area contributed by atoms with Gasteiger partial charge in [0.05, 0.1) is 11.9 Å². The summed E-state index contributed by atoms with van der Waals surface area (Å²) in [6.45, 7) is 1.68. The van der Waals surface area contributed by atoms with E-state index >= 15 is 0 Å². The lowest BCUT2D eigenvalue weighted by Gasteiger charge is -2.17. The summed E-state index contributed by atoms with van der Waals surface area (Å²) in [6.07, 6.45) is 6.33. The molecule has 24 heavy (non-hydrogen) atoms. The Morgan fingerprint density at radius 1 is 1.38 bits per heavy atom. The molecule has 0 bridgehead atoms. The summed E-state index contributed by atoms with van der Waals surface area (Å²) in [6, 6.07) is 3.61. The lowest BCUT2D eigenvalue weighted by atomic mass is 9.89. The van der Waals surface area contributed by atoms with E-state index in [9.17, 15) is 9.18 Å². The highest BCUT2D eigenvalue weighted by molar-refractivity contribution is 7.18. The Hall–Kier alpha value is -2.08. The molecule has 1 unspecified atom stereocenters. The number of rotatable bonds is 3. The van der Waals surface area contributed by atoms with Crippen molar-refractivity contribution in [2.45, 2.75) is 32.7 Å². The summed E-state index contributed by atoms with van der Waals surface area (Å²) < 4.78 is 14.5. The third kappa shape index (κ3) is 2.45. The van der Waals surface area contributed by atoms with Crippen LogP contribution in [-0.2, 0) is 19.4 Å². The van der Waals surface area contributed by atoms with Gasteiger partial charge in [0.15, 0.2) is 0 Å². The summed E-state index contributed by atoms with van der Waals surface area (Å²) in [7, 11) is 0. The van der Waals surface area contributed by atoms with Gasteiger partial charge in [-0.25, -0.2) is 9.37 Å². The van der Waals surface area contributed by atoms with Crippen LogP contribution in [0, 0.1) is 5.92 Å². The maximum absolute atomic E-state index is 13.1. The minimum Gasteiger partial charge on any atom is -0.289 e. The van der Waals surface area contributed by atoms with E-state index in [-0.39, 0.29) is 12.1 Å². The standard InChI is InChI=1S/C18H18FN3OS/c1-11-2-3-13-14(10-11)24-17-15(13)18(23)22(9-6-19)16(21-17)12-4-7-20-8-5-12/h4-5,7-8,11H,2-3,6,9-10H2,1H3. The van der Waals surface area contributed by atoms with Crippen molar-refractivity contribution in [1.29, 1.82) is 0 Å². The minimum absolute atomic E-state index is 0.0282. The van der Waals surface area contributed by atoms with Crippen molar-refractivity contribution >= 4 is 21.6 Å². The lowest BCUT2D eigenvalue weighted by molar-refractivity contribution is 0.441. The smallest absolute Gasteiger partial charge is 0.262 e. The van der Waals surface area contributed by atoms with Gasteiger partial charge in [0.1, 0.15) is 17.3 Å². The van der Waals surface area contributed by atoms with Crippen molar-refractivity contribution in [2.75, 3.05) is 6.67 Å². The topological polar surface area (TPSA) is 47.8 Å². The van der Waals surface area contributed by atoms with E-state index in [0.29, 0.717) is 17.1 Å². The number of thiophene rings is 1. The minimum atomic E-state index is -0.589. The van der Waals surface area contributed by atoms with Gasteiger partial charge in [-0.1, -0.05) is 6.92 Å². The largest absolute Gasteiger partial charge is 0.289 e. The zero-order chi connectivity index (χ0) is 16.7. The van der Waals surface area contributed by atoms with E-state index in [2.05, 4.69) is 11.9 Å². The molecule has 0 aliphatic heterocycles. The van der Waals surface area contributed by atoms with E-state index in [1.54, 1.807) is 35.9 Å². The van der Waals surface area contributed by atoms with Crippen molar-refractivity contribution in [3.05, 3.63) is 45.3 Å². The summed E-state index contributed by atoms with van der Waals surface area (Å²) >= 11 is 1.62. The number of aromatic nitrogens is 3. The predicted molar refractivity (Wildman–Crippen MR) is 94.3 cm³/mol. The van der Waals surface area contributed by atoms with Gasteiger partial charge in [-0.05, 0) is 42.9 Å². The fraction of sp³-hybridized carbons (Fsp3) is 0.389. The average molecular weight is 343 g/mol. The number of alkyl halides is 1. The summed E-state index contributed by atoms with van der Waals surface area (Å²) in [5.41, 5.74) is 1.81. The lowest BCUT2D eigenvalue weighted by Crippen LogP contribution is -2.25. The molecular weight excluding hydrogens is 325 g/mol. The van der Waals surface area contributed by atoms with Crippen LogP contribution in [0.2, 0.25) is 0 Å². The molecule has 124 valence electrons. The molecule has 4 nitrogen and oxygen atoms in total. The SMILES string of the molecule is CC1CCc2c(sc3nc(-c4ccncc4)n(CCF)c(=O)c23)C1. The molecule has 0 N–H and O–H groups in total. The Morgan fingerprint density at radius 2 is 2.17 bits per heavy atom. The second-order valence-corrected chi connectivity index (χ2v) is 7.43. The molecule has 0 saturated carbocycles. The Labute approximate surface area is 143 Å². The van der Waals surface area contributed by atoms with Gasteiger partial charge in [0.25, 0.3) is 5.56 Å². The van der Waals surface area contributed by atoms with Gasteiger partial charge in [0.2, 0.25) is 0 Å². The zero-order valence-corrected chi connectivity index (χ0v) is 14.3. The van der Waals surface area contributed by atoms with Gasteiger partial charge in [-0.15, -0.1) is 11.3 Å². The van der Waals surface area contributed by atoms with E-state index in [0.717, 1.165) is 35.2 Å². The molecule has 3 aromatic rings. The van der Waals surface area contributed by atoms with E-state index < -0.39 is 6.67 Å². The third-order valence-electron chi connectivity index (χ3n) is 4.66. The van der Waals surface area contributed by atoms with Crippen LogP contribution in [0.25, 0.3) is 21.6 Å². The summed E-state index contributed by atoms with van der Waals surface area (Å²) in [5, 5.41) is 0.702. The molecule has 1 atom stereocenters. The van der Waals surface area contributed by atoms with E-state index in [1.807, 2.05) is 0 Å². The van der Waals surface area contributed by atoms with Crippen LogP contribution < -0.4 is 5.56 Å². The van der Waals surface area contributed by atoms with Crippen molar-refractivity contribution in [3.63, 3.8) is 0 Å². The highest BCUT2D eigenvalue weighted by Crippen LogP contribution is 2.36. The average Bonchev–Trinajstić information content (AvgIpc) is 2.95. The van der Waals surface area contributed by atoms with Crippen LogP contribution in [0.4, 0.5) is 4.39 Å². The number of hydrogen-bond donors (Lipinski definition) is 0. The molecule has 0 amide bonds. The highest BCUT2D eigenvalue weighted by atomic mass is 32.1. The molecule has 1 aliphatic carbocycles. The third-order valence-corrected chi connectivity index (χ3v) is 5.81. The van der Waals surface area contributed by atoms with Crippen LogP contribution in [0.3, 0.4) is 0 Å². The first kappa shape index (κ1) is 15.4. The van der Waals surface area contributed by atoms with Crippen molar-refractivity contribution < 1.29 is 4.39 Å². The summed E-state index contributed by atoms with van der Waals surface area (Å²) in [5.74, 6) is 1.16. The van der Waals surface area contributed by atoms with Gasteiger partial charge in [-0.3, -0.25) is 14.3 Å². The van der Waals surface area contributed by atoms with Crippen molar-refractivity contribution in [2.24, 2.45) is 5.92 Å². The molecule has 1 aliphatic rings. The Bertz CT molecular complexity index is 948. The predicted octanol–water partition coefficient (Wildman–Crippen LogP) is 3.61. The number of halogens is 1. The molecular formula is C18H18FN3OS. The monoisotopic (exact) mass is 343 g/mol. The van der Waals surface area contributed by atoms with Gasteiger partial charge in [0, 0.05) is 22.8 Å². The highest BCUT2D eigenvalue weighted by Gasteiger charge is 2.24. The molecule has 3 heterocycles. The number of hydrogen-bond acceptors (Lipinski definition) is 4. The van der Waals surface area contributed by atoms with Crippen LogP contribution in [0.15, 0.2) is 29.3 Å². The van der Waals surface area contributed by atoms with E-state index in [4.69, 9.17) is 4.98 Å². The van der Waals surface area contributed by atoms with Crippen LogP contribution in [0.5, 0.6) is 0 Å². The molecule has 4 rings (SSSR count). The number of pyridine rings is 1. The maximum Gasteiger partial charge on any atom is 0.262 e. The first-order valence-corrected chi connectivity index (χ1v) is 9.02. The quantitative estimate of drug-likeness (QED) is 0.730. The fourth-order valence-corrected chi connectivity index (χ4v) is 4.81. The second kappa shape index (κ2) is 6.09. The van der Waals surface area contributed by atoms with Crippen molar-refractivity contribution in [3.8, 4) is 11.4 Å². The Morgan fingerprint density at radius 3 is 2.92 bits per heavy atom. The fourth-order valence-electron chi connectivity index (χ4n) is 3.44. The molecule has 6 heteroatoms. The number of aryl methyl sites for hydroxylation is 1.